The molecule has 84 valence electrons. The third-order valence-corrected chi connectivity index (χ3v) is 2.35. The van der Waals surface area contributed by atoms with Gasteiger partial charge in [-0.15, -0.1) is 13.2 Å². The molecular weight excluding hydrogens is 206 g/mol. The fourth-order valence-electron chi connectivity index (χ4n) is 1.37. The molecule has 1 rings (SSSR count). The average Bonchev–Trinajstić information content (AvgIpc) is 2.30. The fourth-order valence-corrected chi connectivity index (χ4v) is 1.37. The third-order valence-electron chi connectivity index (χ3n) is 2.35. The molecule has 0 heterocycles. The molecule has 0 radical (unpaired) electrons. The maximum atomic E-state index is 10.4. The van der Waals surface area contributed by atoms with Crippen LogP contribution >= 0.6 is 0 Å². The van der Waals surface area contributed by atoms with Gasteiger partial charge in [0.1, 0.15) is 0 Å². The molecule has 1 N–H and O–H groups in total. The number of nitro benzene ring substituents is 1. The molecule has 4 heteroatoms. The quantitative estimate of drug-likeness (QED) is 0.470. The second kappa shape index (κ2) is 5.23. The summed E-state index contributed by atoms with van der Waals surface area (Å²) >= 11 is 0. The Hall–Kier alpha value is -1.94. The van der Waals surface area contributed by atoms with Crippen molar-refractivity contribution in [2.75, 3.05) is 0 Å². The minimum Gasteiger partial charge on any atom is -0.387 e. The molecular formula is C12H13NO3. The lowest BCUT2D eigenvalue weighted by atomic mass is 9.96. The first kappa shape index (κ1) is 12.1. The zero-order valence-electron chi connectivity index (χ0n) is 8.74. The first-order chi connectivity index (χ1) is 7.60. The number of nitrogens with zero attached hydrogens (tertiary/aromatic N) is 1. The largest absolute Gasteiger partial charge is 0.387 e. The van der Waals surface area contributed by atoms with Gasteiger partial charge in [-0.25, -0.2) is 0 Å². The lowest BCUT2D eigenvalue weighted by Crippen LogP contribution is -2.07. The van der Waals surface area contributed by atoms with Crippen LogP contribution in [0, 0.1) is 16.0 Å². The summed E-state index contributed by atoms with van der Waals surface area (Å²) in [5, 5.41) is 20.3. The van der Waals surface area contributed by atoms with Gasteiger partial charge in [-0.05, 0) is 17.7 Å². The number of hydrogen-bond acceptors (Lipinski definition) is 3. The fraction of sp³-hybridized carbons (Fsp3) is 0.167. The van der Waals surface area contributed by atoms with E-state index in [4.69, 9.17) is 0 Å². The molecule has 0 fully saturated rings. The lowest BCUT2D eigenvalue weighted by Gasteiger charge is -2.15. The Morgan fingerprint density at radius 3 is 2.12 bits per heavy atom. The minimum absolute atomic E-state index is 0.00436. The van der Waals surface area contributed by atoms with Crippen molar-refractivity contribution in [2.24, 2.45) is 5.92 Å². The number of hydrogen-bond donors (Lipinski definition) is 1. The van der Waals surface area contributed by atoms with Crippen molar-refractivity contribution in [3.05, 3.63) is 65.3 Å². The van der Waals surface area contributed by atoms with E-state index in [0.29, 0.717) is 5.56 Å². The molecule has 1 aromatic carbocycles. The van der Waals surface area contributed by atoms with Gasteiger partial charge >= 0.3 is 0 Å². The summed E-state index contributed by atoms with van der Waals surface area (Å²) in [7, 11) is 0. The number of aliphatic hydroxyl groups excluding tert-OH is 1. The Morgan fingerprint density at radius 2 is 1.75 bits per heavy atom. The molecule has 4 nitrogen and oxygen atoms in total. The predicted octanol–water partition coefficient (Wildman–Crippen LogP) is 2.62. The SMILES string of the molecule is C=CC(C=C)C(O)c1ccc([N+](=O)[O-])cc1. The maximum absolute atomic E-state index is 10.4. The van der Waals surface area contributed by atoms with E-state index in [-0.39, 0.29) is 11.6 Å². The summed E-state index contributed by atoms with van der Waals surface area (Å²) in [5.41, 5.74) is 0.611. The molecule has 0 aliphatic rings. The molecule has 1 unspecified atom stereocenters. The Morgan fingerprint density at radius 1 is 1.25 bits per heavy atom. The standard InChI is InChI=1S/C12H13NO3/c1-3-9(4-2)12(14)10-5-7-11(8-6-10)13(15)16/h3-9,12,14H,1-2H2. The van der Waals surface area contributed by atoms with E-state index in [1.165, 1.54) is 24.3 Å². The van der Waals surface area contributed by atoms with Crippen LogP contribution in [-0.2, 0) is 0 Å². The molecule has 0 spiro atoms. The minimum atomic E-state index is -0.768. The van der Waals surface area contributed by atoms with Crippen molar-refractivity contribution in [1.29, 1.82) is 0 Å². The monoisotopic (exact) mass is 219 g/mol. The molecule has 1 atom stereocenters. The van der Waals surface area contributed by atoms with Gasteiger partial charge in [0.15, 0.2) is 0 Å². The zero-order valence-corrected chi connectivity index (χ0v) is 8.74. The first-order valence-corrected chi connectivity index (χ1v) is 4.77. The van der Waals surface area contributed by atoms with E-state index in [1.807, 2.05) is 0 Å². The summed E-state index contributed by atoms with van der Waals surface area (Å²) in [6, 6.07) is 5.79. The lowest BCUT2D eigenvalue weighted by molar-refractivity contribution is -0.384. The van der Waals surface area contributed by atoms with Crippen LogP contribution < -0.4 is 0 Å². The van der Waals surface area contributed by atoms with Gasteiger partial charge in [-0.3, -0.25) is 10.1 Å². The van der Waals surface area contributed by atoms with Gasteiger partial charge < -0.3 is 5.11 Å². The van der Waals surface area contributed by atoms with Crippen LogP contribution in [0.15, 0.2) is 49.6 Å². The molecule has 1 aromatic rings. The van der Waals surface area contributed by atoms with Crippen molar-refractivity contribution >= 4 is 5.69 Å². The average molecular weight is 219 g/mol. The molecule has 0 aromatic heterocycles. The predicted molar refractivity (Wildman–Crippen MR) is 61.9 cm³/mol. The highest BCUT2D eigenvalue weighted by Gasteiger charge is 2.15. The Kier molecular flexibility index (Phi) is 3.96. The second-order valence-corrected chi connectivity index (χ2v) is 3.34. The number of benzene rings is 1. The highest BCUT2D eigenvalue weighted by Crippen LogP contribution is 2.25. The van der Waals surface area contributed by atoms with Crippen molar-refractivity contribution in [2.45, 2.75) is 6.10 Å². The van der Waals surface area contributed by atoms with Gasteiger partial charge in [-0.2, -0.15) is 0 Å². The summed E-state index contributed by atoms with van der Waals surface area (Å²) in [4.78, 5) is 9.96. The summed E-state index contributed by atoms with van der Waals surface area (Å²) < 4.78 is 0. The summed E-state index contributed by atoms with van der Waals surface area (Å²) in [6.45, 7) is 7.17. The summed E-state index contributed by atoms with van der Waals surface area (Å²) in [5.74, 6) is -0.263. The van der Waals surface area contributed by atoms with Gasteiger partial charge in [0.25, 0.3) is 5.69 Å². The summed E-state index contributed by atoms with van der Waals surface area (Å²) in [6.07, 6.45) is 2.40. The van der Waals surface area contributed by atoms with E-state index in [9.17, 15) is 15.2 Å². The number of rotatable bonds is 5. The zero-order chi connectivity index (χ0) is 12.1. The van der Waals surface area contributed by atoms with Crippen LogP contribution in [0.1, 0.15) is 11.7 Å². The topological polar surface area (TPSA) is 63.4 Å². The first-order valence-electron chi connectivity index (χ1n) is 4.77. The van der Waals surface area contributed by atoms with Crippen LogP contribution in [0.2, 0.25) is 0 Å². The number of non-ortho nitro benzene ring substituents is 1. The van der Waals surface area contributed by atoms with Gasteiger partial charge in [0, 0.05) is 18.1 Å². The van der Waals surface area contributed by atoms with Crippen molar-refractivity contribution in [1.82, 2.24) is 0 Å². The van der Waals surface area contributed by atoms with Crippen molar-refractivity contribution in [3.63, 3.8) is 0 Å². The highest BCUT2D eigenvalue weighted by atomic mass is 16.6. The van der Waals surface area contributed by atoms with E-state index >= 15 is 0 Å². The van der Waals surface area contributed by atoms with Crippen molar-refractivity contribution in [3.8, 4) is 0 Å². The van der Waals surface area contributed by atoms with E-state index in [0.717, 1.165) is 0 Å². The molecule has 0 aliphatic heterocycles. The van der Waals surface area contributed by atoms with Gasteiger partial charge in [0.2, 0.25) is 0 Å². The molecule has 0 aliphatic carbocycles. The number of aliphatic hydroxyl groups is 1. The molecule has 0 saturated heterocycles. The molecule has 16 heavy (non-hydrogen) atoms. The van der Waals surface area contributed by atoms with Crippen LogP contribution in [0.5, 0.6) is 0 Å². The van der Waals surface area contributed by atoms with Crippen LogP contribution in [0.4, 0.5) is 5.69 Å². The van der Waals surface area contributed by atoms with Crippen LogP contribution in [0.25, 0.3) is 0 Å². The molecule has 0 amide bonds. The Bertz CT molecular complexity index is 389. The van der Waals surface area contributed by atoms with E-state index < -0.39 is 11.0 Å². The van der Waals surface area contributed by atoms with Crippen LogP contribution in [-0.4, -0.2) is 10.0 Å². The second-order valence-electron chi connectivity index (χ2n) is 3.34. The normalized spacial score (nSPS) is 12.1. The Labute approximate surface area is 93.7 Å². The van der Waals surface area contributed by atoms with Gasteiger partial charge in [0.05, 0.1) is 11.0 Å². The number of nitro groups is 1. The highest BCUT2D eigenvalue weighted by molar-refractivity contribution is 5.34. The molecule has 0 bridgehead atoms. The van der Waals surface area contributed by atoms with Gasteiger partial charge in [-0.1, -0.05) is 12.2 Å². The smallest absolute Gasteiger partial charge is 0.269 e. The third kappa shape index (κ3) is 2.55. The molecule has 0 saturated carbocycles. The Balaban J connectivity index is 2.92. The van der Waals surface area contributed by atoms with E-state index in [1.54, 1.807) is 12.2 Å². The maximum Gasteiger partial charge on any atom is 0.269 e. The van der Waals surface area contributed by atoms with Crippen LogP contribution in [0.3, 0.4) is 0 Å². The van der Waals surface area contributed by atoms with Crippen molar-refractivity contribution < 1.29 is 10.0 Å². The van der Waals surface area contributed by atoms with E-state index in [2.05, 4.69) is 13.2 Å².